The molecule has 0 N–H and O–H groups in total. The van der Waals surface area contributed by atoms with E-state index in [1.54, 1.807) is 6.07 Å². The zero-order valence-electron chi connectivity index (χ0n) is 32.6. The Morgan fingerprint density at radius 2 is 1.02 bits per heavy atom. The van der Waals surface area contributed by atoms with Gasteiger partial charge in [-0.05, 0) is 72.4 Å². The van der Waals surface area contributed by atoms with Crippen LogP contribution in [0.2, 0.25) is 0 Å². The van der Waals surface area contributed by atoms with Gasteiger partial charge >= 0.3 is 0 Å². The smallest absolute Gasteiger partial charge is 0.143 e. The topological polar surface area (TPSA) is 13.1 Å². The van der Waals surface area contributed by atoms with Gasteiger partial charge in [-0.1, -0.05) is 145 Å². The lowest BCUT2D eigenvalue weighted by Gasteiger charge is -2.18. The fourth-order valence-electron chi connectivity index (χ4n) is 6.39. The van der Waals surface area contributed by atoms with Crippen LogP contribution in [0.5, 0.6) is 0 Å². The predicted molar refractivity (Wildman–Crippen MR) is 183 cm³/mol. The Hall–Kier alpha value is -5.66. The average Bonchev–Trinajstić information content (AvgIpc) is 3.58. The van der Waals surface area contributed by atoms with Crippen molar-refractivity contribution in [2.75, 3.05) is 0 Å². The first kappa shape index (κ1) is 16.1. The molecule has 1 heteroatoms. The Morgan fingerprint density at radius 1 is 0.419 bits per heavy atom. The van der Waals surface area contributed by atoms with Crippen molar-refractivity contribution in [2.45, 2.75) is 0 Å². The van der Waals surface area contributed by atoms with Gasteiger partial charge in [0.15, 0.2) is 0 Å². The van der Waals surface area contributed by atoms with Crippen LogP contribution >= 0.6 is 0 Å². The van der Waals surface area contributed by atoms with Gasteiger partial charge in [-0.2, -0.15) is 0 Å². The van der Waals surface area contributed by atoms with E-state index in [2.05, 4.69) is 0 Å². The second-order valence-electron chi connectivity index (χ2n) is 10.4. The van der Waals surface area contributed by atoms with Crippen molar-refractivity contribution < 1.29 is 18.1 Å². The van der Waals surface area contributed by atoms with Crippen LogP contribution in [0.1, 0.15) is 13.7 Å². The normalized spacial score (nSPS) is 15.0. The number of hydrogen-bond acceptors (Lipinski definition) is 1. The molecule has 0 saturated heterocycles. The fraction of sp³-hybridized carbons (Fsp3) is 0. The van der Waals surface area contributed by atoms with Crippen LogP contribution in [0, 0.1) is 0 Å². The second-order valence-corrected chi connectivity index (χ2v) is 10.4. The lowest BCUT2D eigenvalue weighted by molar-refractivity contribution is 0.673. The highest BCUT2D eigenvalue weighted by Gasteiger charge is 2.21. The quantitative estimate of drug-likeness (QED) is 0.197. The summed E-state index contributed by atoms with van der Waals surface area (Å²) in [7, 11) is 0. The van der Waals surface area contributed by atoms with E-state index < -0.39 is 30.2 Å². The summed E-state index contributed by atoms with van der Waals surface area (Å²) in [6.45, 7) is 0. The van der Waals surface area contributed by atoms with Crippen LogP contribution in [0.25, 0.3) is 87.6 Å². The van der Waals surface area contributed by atoms with Gasteiger partial charge in [0.05, 0.1) is 13.7 Å². The van der Waals surface area contributed by atoms with Crippen LogP contribution < -0.4 is 0 Å². The zero-order chi connectivity index (χ0) is 37.0. The van der Waals surface area contributed by atoms with E-state index in [1.165, 1.54) is 0 Å². The zero-order valence-corrected chi connectivity index (χ0v) is 22.6. The van der Waals surface area contributed by atoms with Crippen molar-refractivity contribution in [3.63, 3.8) is 0 Å². The summed E-state index contributed by atoms with van der Waals surface area (Å²) in [5.41, 5.74) is 3.68. The first-order valence-corrected chi connectivity index (χ1v) is 14.0. The summed E-state index contributed by atoms with van der Waals surface area (Å²) in [5, 5.41) is 4.20. The Balaban J connectivity index is 1.50. The van der Waals surface area contributed by atoms with Gasteiger partial charge in [0.25, 0.3) is 0 Å². The molecule has 43 heavy (non-hydrogen) atoms. The first-order chi connectivity index (χ1) is 25.5. The molecular weight excluding hydrogens is 520 g/mol. The number of fused-ring (bicyclic) bond motifs is 7. The van der Waals surface area contributed by atoms with E-state index in [1.807, 2.05) is 91.0 Å². The Bertz CT molecular complexity index is 2970. The maximum atomic E-state index is 9.78. The highest BCUT2D eigenvalue weighted by molar-refractivity contribution is 6.27. The highest BCUT2D eigenvalue weighted by atomic mass is 16.3. The Kier molecular flexibility index (Phi) is 3.53. The Labute approximate surface area is 263 Å². The molecule has 0 spiro atoms. The fourth-order valence-corrected chi connectivity index (χ4v) is 6.39. The maximum absolute atomic E-state index is 9.78. The maximum Gasteiger partial charge on any atom is 0.143 e. The lowest BCUT2D eigenvalue weighted by Crippen LogP contribution is -1.91. The lowest BCUT2D eigenvalue weighted by atomic mass is 9.84. The summed E-state index contributed by atoms with van der Waals surface area (Å²) in [4.78, 5) is 0. The van der Waals surface area contributed by atoms with Gasteiger partial charge in [-0.25, -0.2) is 0 Å². The predicted octanol–water partition coefficient (Wildman–Crippen LogP) is 12.0. The molecule has 9 rings (SSSR count). The average molecular weight is 557 g/mol. The summed E-state index contributed by atoms with van der Waals surface area (Å²) in [6.07, 6.45) is 0. The Morgan fingerprint density at radius 3 is 1.72 bits per heavy atom. The minimum absolute atomic E-state index is 0.0549. The molecule has 0 atom stereocenters. The largest absolute Gasteiger partial charge is 0.455 e. The molecule has 0 aliphatic rings. The van der Waals surface area contributed by atoms with Gasteiger partial charge < -0.3 is 4.42 Å². The molecule has 200 valence electrons. The molecule has 1 aromatic heterocycles. The molecule has 0 aliphatic carbocycles. The molecule has 0 unspecified atom stereocenters. The van der Waals surface area contributed by atoms with E-state index in [-0.39, 0.29) is 52.1 Å². The highest BCUT2D eigenvalue weighted by Crippen LogP contribution is 2.48. The van der Waals surface area contributed by atoms with Gasteiger partial charge in [0, 0.05) is 16.2 Å². The minimum atomic E-state index is -0.467. The van der Waals surface area contributed by atoms with Crippen molar-refractivity contribution in [1.29, 1.82) is 0 Å². The van der Waals surface area contributed by atoms with E-state index >= 15 is 0 Å². The van der Waals surface area contributed by atoms with Crippen molar-refractivity contribution >= 4 is 54.3 Å². The van der Waals surface area contributed by atoms with Crippen LogP contribution in [-0.4, -0.2) is 0 Å². The number of hydrogen-bond donors (Lipinski definition) is 0. The summed E-state index contributed by atoms with van der Waals surface area (Å²) >= 11 is 0. The third-order valence-corrected chi connectivity index (χ3v) is 8.14. The number of rotatable bonds is 3. The van der Waals surface area contributed by atoms with E-state index in [0.717, 1.165) is 16.3 Å². The van der Waals surface area contributed by atoms with Crippen LogP contribution in [0.3, 0.4) is 0 Å². The summed E-state index contributed by atoms with van der Waals surface area (Å²) < 4.78 is 94.3. The SMILES string of the molecule is [2H]c1c([2H])c([2H])c(-c2c3ccccc3c(-c3cccc4oc5c6c([2H])c([2H])c([2H])c([2H])c6c(-c6ccccc6)c([2H])c5c34)c3ccccc23)c([2H])c1[2H]. The van der Waals surface area contributed by atoms with Crippen molar-refractivity contribution in [1.82, 2.24) is 0 Å². The minimum Gasteiger partial charge on any atom is -0.455 e. The van der Waals surface area contributed by atoms with Crippen LogP contribution in [0.4, 0.5) is 0 Å². The van der Waals surface area contributed by atoms with Crippen molar-refractivity contribution in [3.8, 4) is 33.4 Å². The standard InChI is InChI=1S/C42H26O/c1-3-14-27(15-4-1)36-26-37-41-35(24-13-25-38(41)43-42(37)34-23-12-7-18-29(34)36)40-32-21-10-8-19-30(32)39(28-16-5-2-6-17-28)31-20-9-11-22-33(31)40/h1-26H/i2D,5D,6D,7D,12D,16D,17D,18D,23D,26D. The number of benzene rings is 8. The molecule has 8 aromatic carbocycles. The molecule has 1 heterocycles. The monoisotopic (exact) mass is 556 g/mol. The third kappa shape index (κ3) is 3.58. The molecule has 9 aromatic rings. The van der Waals surface area contributed by atoms with Crippen LogP contribution in [-0.2, 0) is 0 Å². The van der Waals surface area contributed by atoms with Gasteiger partial charge in [0.1, 0.15) is 11.2 Å². The third-order valence-electron chi connectivity index (χ3n) is 8.14. The second kappa shape index (κ2) is 9.44. The van der Waals surface area contributed by atoms with Crippen molar-refractivity contribution in [2.24, 2.45) is 0 Å². The van der Waals surface area contributed by atoms with E-state index in [0.29, 0.717) is 49.4 Å². The first-order valence-electron chi connectivity index (χ1n) is 19.0. The van der Waals surface area contributed by atoms with Gasteiger partial charge in [-0.3, -0.25) is 0 Å². The molecule has 0 radical (unpaired) electrons. The molecule has 1 nitrogen and oxygen atoms in total. The van der Waals surface area contributed by atoms with Crippen molar-refractivity contribution in [3.05, 3.63) is 157 Å². The van der Waals surface area contributed by atoms with E-state index in [9.17, 15) is 1.37 Å². The molecule has 0 bridgehead atoms. The van der Waals surface area contributed by atoms with E-state index in [4.69, 9.17) is 16.8 Å². The molecule has 0 aliphatic heterocycles. The molecular formula is C42H26O. The summed E-state index contributed by atoms with van der Waals surface area (Å²) in [6, 6.07) is 26.6. The molecule has 0 fully saturated rings. The van der Waals surface area contributed by atoms with Crippen LogP contribution in [0.15, 0.2) is 162 Å². The molecule has 0 amide bonds. The van der Waals surface area contributed by atoms with Gasteiger partial charge in [0.2, 0.25) is 0 Å². The summed E-state index contributed by atoms with van der Waals surface area (Å²) in [5.74, 6) is 0. The molecule has 0 saturated carbocycles. The number of furan rings is 1. The van der Waals surface area contributed by atoms with Gasteiger partial charge in [-0.15, -0.1) is 0 Å².